The third-order valence-corrected chi connectivity index (χ3v) is 4.44. The molecule has 0 aliphatic heterocycles. The number of fused-ring (bicyclic) bond motifs is 1. The summed E-state index contributed by atoms with van der Waals surface area (Å²) in [5, 5.41) is 23.5. The third kappa shape index (κ3) is 14.3. The summed E-state index contributed by atoms with van der Waals surface area (Å²) in [6.45, 7) is 17.8. The van der Waals surface area contributed by atoms with Crippen LogP contribution in [0.15, 0.2) is 41.3 Å². The van der Waals surface area contributed by atoms with Crippen molar-refractivity contribution >= 4 is 24.3 Å². The predicted molar refractivity (Wildman–Crippen MR) is 133 cm³/mol. The van der Waals surface area contributed by atoms with Crippen molar-refractivity contribution in [1.82, 2.24) is 5.32 Å². The normalized spacial score (nSPS) is 10.9. The zero-order valence-electron chi connectivity index (χ0n) is 20.0. The molecule has 2 aromatic rings. The molecule has 3 rings (SSSR count). The molecular weight excluding hydrogens is 429 g/mol. The molecule has 0 atom stereocenters. The van der Waals surface area contributed by atoms with Crippen LogP contribution in [0.3, 0.4) is 0 Å². The molecule has 0 saturated carbocycles. The Morgan fingerprint density at radius 2 is 1.71 bits per heavy atom. The number of phenolic OH excluding ortho intramolecular Hbond substituents is 2. The zero-order valence-corrected chi connectivity index (χ0v) is 23.9. The van der Waals surface area contributed by atoms with Gasteiger partial charge in [0, 0.05) is 0 Å². The van der Waals surface area contributed by atoms with Crippen molar-refractivity contribution in [2.75, 3.05) is 13.1 Å². The van der Waals surface area contributed by atoms with E-state index in [-0.39, 0.29) is 62.9 Å². The van der Waals surface area contributed by atoms with Crippen LogP contribution in [0, 0.1) is 13.8 Å². The quantitative estimate of drug-likeness (QED) is 0.211. The number of hydrogen-bond acceptors (Lipinski definition) is 4. The van der Waals surface area contributed by atoms with E-state index in [0.717, 1.165) is 30.8 Å². The van der Waals surface area contributed by atoms with E-state index in [1.807, 2.05) is 19.9 Å². The molecule has 0 bridgehead atoms. The first kappa shape index (κ1) is 32.6. The standard InChI is InChI=1S/C11H12S.C7H7O2.C6H14N.C2H6.K/c1-8-3-2-4-9-7-10(12)5-6-11(8)9;1-5-2-3-6(8)7(9)4-5;1-3-5-7-6-4-2;1-2;/h4-7,12H,2-3H2,1H3;2-4,8-9H,1H2;7H,1,3-6H2,2H3;1-2H3;/q;2*-1;;+1/p-1. The van der Waals surface area contributed by atoms with Crippen molar-refractivity contribution in [2.24, 2.45) is 0 Å². The summed E-state index contributed by atoms with van der Waals surface area (Å²) in [4.78, 5) is 0.944. The molecule has 0 fully saturated rings. The van der Waals surface area contributed by atoms with Gasteiger partial charge in [-0.05, 0) is 49.7 Å². The molecule has 0 saturated heterocycles. The summed E-state index contributed by atoms with van der Waals surface area (Å²) in [5.41, 5.74) is 2.17. The van der Waals surface area contributed by atoms with Crippen LogP contribution in [0.25, 0.3) is 11.6 Å². The average molecular weight is 468 g/mol. The fraction of sp³-hybridized carbons (Fsp3) is 0.385. The molecule has 1 aliphatic rings. The largest absolute Gasteiger partial charge is 1.00 e. The van der Waals surface area contributed by atoms with Gasteiger partial charge in [0.25, 0.3) is 0 Å². The van der Waals surface area contributed by atoms with Gasteiger partial charge in [-0.2, -0.15) is 29.9 Å². The third-order valence-electron chi connectivity index (χ3n) is 4.19. The molecule has 3 nitrogen and oxygen atoms in total. The van der Waals surface area contributed by atoms with Crippen molar-refractivity contribution in [2.45, 2.75) is 58.3 Å². The fourth-order valence-electron chi connectivity index (χ4n) is 2.67. The van der Waals surface area contributed by atoms with Gasteiger partial charge in [0.2, 0.25) is 0 Å². The second-order valence-corrected chi connectivity index (χ2v) is 7.17. The summed E-state index contributed by atoms with van der Waals surface area (Å²) < 4.78 is 0. The Morgan fingerprint density at radius 1 is 1.03 bits per heavy atom. The van der Waals surface area contributed by atoms with Crippen LogP contribution in [0.2, 0.25) is 0 Å². The first-order valence-corrected chi connectivity index (χ1v) is 11.1. The van der Waals surface area contributed by atoms with Crippen LogP contribution < -0.4 is 67.1 Å². The Kier molecular flexibility index (Phi) is 21.2. The van der Waals surface area contributed by atoms with Crippen molar-refractivity contribution in [1.29, 1.82) is 0 Å². The summed E-state index contributed by atoms with van der Waals surface area (Å²) in [6.07, 6.45) is 6.86. The van der Waals surface area contributed by atoms with E-state index in [0.29, 0.717) is 5.56 Å². The number of benzene rings is 2. The van der Waals surface area contributed by atoms with Gasteiger partial charge >= 0.3 is 51.4 Å². The summed E-state index contributed by atoms with van der Waals surface area (Å²) in [7, 11) is 0. The number of phenols is 2. The predicted octanol–water partition coefficient (Wildman–Crippen LogP) is 1.86. The summed E-state index contributed by atoms with van der Waals surface area (Å²) >= 11 is 5.11. The molecule has 168 valence electrons. The summed E-state index contributed by atoms with van der Waals surface area (Å²) in [6, 6.07) is 10.7. The molecule has 5 heteroatoms. The van der Waals surface area contributed by atoms with Crippen LogP contribution in [0.1, 0.15) is 58.9 Å². The number of rotatable bonds is 4. The Labute approximate surface area is 237 Å². The van der Waals surface area contributed by atoms with E-state index in [1.54, 1.807) is 6.07 Å². The number of aromatic hydroxyl groups is 2. The van der Waals surface area contributed by atoms with Gasteiger partial charge in [-0.1, -0.05) is 56.7 Å². The molecular formula is C26H38KNO2S-2. The van der Waals surface area contributed by atoms with Crippen LogP contribution in [0.5, 0.6) is 11.5 Å². The van der Waals surface area contributed by atoms with E-state index < -0.39 is 0 Å². The molecule has 1 aliphatic carbocycles. The van der Waals surface area contributed by atoms with Crippen molar-refractivity contribution < 1.29 is 61.6 Å². The Bertz CT molecular complexity index is 849. The Balaban J connectivity index is 0. The van der Waals surface area contributed by atoms with Crippen molar-refractivity contribution in [3.63, 3.8) is 0 Å². The van der Waals surface area contributed by atoms with Gasteiger partial charge in [-0.25, -0.2) is 0 Å². The molecule has 3 N–H and O–H groups in total. The molecule has 0 unspecified atom stereocenters. The van der Waals surface area contributed by atoms with E-state index >= 15 is 0 Å². The van der Waals surface area contributed by atoms with Crippen LogP contribution >= 0.6 is 0 Å². The van der Waals surface area contributed by atoms with Crippen LogP contribution in [0.4, 0.5) is 0 Å². The monoisotopic (exact) mass is 467 g/mol. The minimum atomic E-state index is -0.123. The Hall–Kier alpha value is -0.534. The first-order chi connectivity index (χ1) is 14.4. The van der Waals surface area contributed by atoms with Gasteiger partial charge in [0.1, 0.15) is 11.5 Å². The van der Waals surface area contributed by atoms with Crippen LogP contribution in [-0.4, -0.2) is 23.3 Å². The fourth-order valence-corrected chi connectivity index (χ4v) is 2.87. The Morgan fingerprint density at radius 3 is 2.26 bits per heavy atom. The minimum Gasteiger partial charge on any atom is -0.780 e. The molecule has 0 aromatic heterocycles. The second-order valence-electron chi connectivity index (χ2n) is 6.70. The number of nitrogens with one attached hydrogen (secondary N) is 1. The SMILES string of the molecule is CC.CC1=c2ccc([S-])cc2=CCC1.[CH2-]CCNCCC.[CH2-]c1ccc(O)c(O)c1.[K+]. The van der Waals surface area contributed by atoms with E-state index in [2.05, 4.69) is 51.2 Å². The zero-order chi connectivity index (χ0) is 22.9. The summed E-state index contributed by atoms with van der Waals surface area (Å²) in [5.74, 6) is -0.232. The molecule has 0 radical (unpaired) electrons. The van der Waals surface area contributed by atoms with Gasteiger partial charge < -0.3 is 35.1 Å². The average Bonchev–Trinajstić information content (AvgIpc) is 2.74. The maximum atomic E-state index is 8.81. The van der Waals surface area contributed by atoms with Gasteiger partial charge in [-0.3, -0.25) is 0 Å². The molecule has 31 heavy (non-hydrogen) atoms. The van der Waals surface area contributed by atoms with Crippen molar-refractivity contribution in [3.05, 3.63) is 66.2 Å². The van der Waals surface area contributed by atoms with E-state index in [1.165, 1.54) is 41.0 Å². The first-order valence-electron chi connectivity index (χ1n) is 10.7. The van der Waals surface area contributed by atoms with Gasteiger partial charge in [-0.15, -0.1) is 6.07 Å². The minimum absolute atomic E-state index is 0. The molecule has 0 amide bonds. The maximum Gasteiger partial charge on any atom is 1.00 e. The maximum absolute atomic E-state index is 8.81. The van der Waals surface area contributed by atoms with E-state index in [9.17, 15) is 0 Å². The molecule has 0 spiro atoms. The van der Waals surface area contributed by atoms with E-state index in [4.69, 9.17) is 22.8 Å². The second kappa shape index (κ2) is 20.1. The molecule has 0 heterocycles. The van der Waals surface area contributed by atoms with Crippen LogP contribution in [-0.2, 0) is 12.6 Å². The van der Waals surface area contributed by atoms with Gasteiger partial charge in [0.05, 0.1) is 0 Å². The van der Waals surface area contributed by atoms with Gasteiger partial charge in [0.15, 0.2) is 0 Å². The number of hydrogen-bond donors (Lipinski definition) is 3. The topological polar surface area (TPSA) is 52.5 Å². The smallest absolute Gasteiger partial charge is 0.780 e. The van der Waals surface area contributed by atoms with Crippen molar-refractivity contribution in [3.8, 4) is 11.5 Å². The molecule has 2 aromatic carbocycles.